The second-order valence-corrected chi connectivity index (χ2v) is 10.9. The highest BCUT2D eigenvalue weighted by Gasteiger charge is 2.60. The average Bonchev–Trinajstić information content (AvgIpc) is 3.06. The van der Waals surface area contributed by atoms with Gasteiger partial charge in [0.25, 0.3) is 0 Å². The molecular formula is C18H28N2S. The van der Waals surface area contributed by atoms with Crippen LogP contribution < -0.4 is 5.32 Å². The summed E-state index contributed by atoms with van der Waals surface area (Å²) in [4.78, 5) is 4.87. The summed E-state index contributed by atoms with van der Waals surface area (Å²) in [5.41, 5.74) is 1.58. The van der Waals surface area contributed by atoms with Gasteiger partial charge in [0.05, 0.1) is 6.54 Å². The van der Waals surface area contributed by atoms with Crippen LogP contribution in [0.3, 0.4) is 0 Å². The Morgan fingerprint density at radius 1 is 1.05 bits per heavy atom. The lowest BCUT2D eigenvalue weighted by Crippen LogP contribution is -2.64. The Morgan fingerprint density at radius 3 is 2.38 bits per heavy atom. The monoisotopic (exact) mass is 304 g/mol. The Labute approximate surface area is 132 Å². The van der Waals surface area contributed by atoms with E-state index in [1.807, 2.05) is 0 Å². The van der Waals surface area contributed by atoms with Gasteiger partial charge in [0, 0.05) is 10.8 Å². The lowest BCUT2D eigenvalue weighted by atomic mass is 9.43. The second-order valence-electron chi connectivity index (χ2n) is 9.67. The Kier molecular flexibility index (Phi) is 2.54. The largest absolute Gasteiger partial charge is 0.359 e. The molecule has 1 N–H and O–H groups in total. The van der Waals surface area contributed by atoms with Crippen molar-refractivity contribution in [1.82, 2.24) is 5.32 Å². The van der Waals surface area contributed by atoms with E-state index in [-0.39, 0.29) is 0 Å². The standard InChI is InChI=1S/C18H28N2S/c1-16-5-12-6-17(2,9-16)11-18(7-12,10-16)20-15-19-8-14(21-15)13-3-4-13/h12-14H,3-11H2,1-2H3,(H,19,20). The number of hydrogen-bond acceptors (Lipinski definition) is 3. The smallest absolute Gasteiger partial charge is 0.157 e. The number of hydrogen-bond donors (Lipinski definition) is 1. The van der Waals surface area contributed by atoms with Crippen LogP contribution >= 0.6 is 11.8 Å². The number of amidine groups is 1. The van der Waals surface area contributed by atoms with E-state index in [4.69, 9.17) is 4.99 Å². The van der Waals surface area contributed by atoms with Crippen molar-refractivity contribution in [1.29, 1.82) is 0 Å². The maximum atomic E-state index is 4.87. The van der Waals surface area contributed by atoms with Crippen molar-refractivity contribution in [2.24, 2.45) is 27.7 Å². The van der Waals surface area contributed by atoms with E-state index in [2.05, 4.69) is 30.9 Å². The van der Waals surface area contributed by atoms with Gasteiger partial charge < -0.3 is 5.32 Å². The van der Waals surface area contributed by atoms with E-state index in [9.17, 15) is 0 Å². The minimum Gasteiger partial charge on any atom is -0.359 e. The SMILES string of the molecule is CC12CC3CC(C)(C1)CC(NC1=NCC(C4CC4)S1)(C3)C2. The van der Waals surface area contributed by atoms with Crippen LogP contribution in [0.5, 0.6) is 0 Å². The predicted molar refractivity (Wildman–Crippen MR) is 89.7 cm³/mol. The van der Waals surface area contributed by atoms with Gasteiger partial charge in [0.1, 0.15) is 0 Å². The minimum atomic E-state index is 0.382. The third-order valence-corrected chi connectivity index (χ3v) is 8.12. The summed E-state index contributed by atoms with van der Waals surface area (Å²) in [6.45, 7) is 6.19. The fraction of sp³-hybridized carbons (Fsp3) is 0.944. The lowest BCUT2D eigenvalue weighted by molar-refractivity contribution is -0.111. The topological polar surface area (TPSA) is 24.4 Å². The predicted octanol–water partition coefficient (Wildman–Crippen LogP) is 4.21. The van der Waals surface area contributed by atoms with E-state index in [1.165, 1.54) is 56.5 Å². The molecule has 6 aliphatic rings. The molecule has 116 valence electrons. The van der Waals surface area contributed by atoms with Gasteiger partial charge in [0.2, 0.25) is 0 Å². The molecule has 1 heterocycles. The van der Waals surface area contributed by atoms with Gasteiger partial charge in [-0.1, -0.05) is 25.6 Å². The van der Waals surface area contributed by atoms with Gasteiger partial charge in [-0.2, -0.15) is 0 Å². The van der Waals surface area contributed by atoms with Crippen LogP contribution in [0.25, 0.3) is 0 Å². The molecule has 0 aromatic carbocycles. The maximum absolute atomic E-state index is 4.87. The third kappa shape index (κ3) is 2.17. The second kappa shape index (κ2) is 4.01. The van der Waals surface area contributed by atoms with Crippen molar-refractivity contribution in [2.75, 3.05) is 6.54 Å². The lowest BCUT2D eigenvalue weighted by Gasteiger charge is -2.65. The molecule has 3 atom stereocenters. The quantitative estimate of drug-likeness (QED) is 0.826. The van der Waals surface area contributed by atoms with Gasteiger partial charge in [-0.05, 0) is 74.0 Å². The summed E-state index contributed by atoms with van der Waals surface area (Å²) < 4.78 is 0. The van der Waals surface area contributed by atoms with E-state index in [0.29, 0.717) is 16.4 Å². The zero-order valence-corrected chi connectivity index (χ0v) is 14.3. The van der Waals surface area contributed by atoms with Crippen molar-refractivity contribution in [3.05, 3.63) is 0 Å². The summed E-state index contributed by atoms with van der Waals surface area (Å²) in [6, 6.07) is 0. The zero-order chi connectivity index (χ0) is 14.3. The van der Waals surface area contributed by atoms with Gasteiger partial charge in [-0.25, -0.2) is 0 Å². The number of nitrogens with zero attached hydrogens (tertiary/aromatic N) is 1. The molecule has 1 aliphatic heterocycles. The van der Waals surface area contributed by atoms with Crippen LogP contribution in [0.15, 0.2) is 4.99 Å². The molecule has 5 aliphatic carbocycles. The van der Waals surface area contributed by atoms with Crippen LogP contribution in [-0.2, 0) is 0 Å². The van der Waals surface area contributed by atoms with Gasteiger partial charge >= 0.3 is 0 Å². The highest BCUT2D eigenvalue weighted by Crippen LogP contribution is 2.66. The normalized spacial score (nSPS) is 54.9. The minimum absolute atomic E-state index is 0.382. The molecular weight excluding hydrogens is 276 g/mol. The van der Waals surface area contributed by atoms with Crippen LogP contribution in [0.4, 0.5) is 0 Å². The Balaban J connectivity index is 1.36. The first-order chi connectivity index (χ1) is 9.95. The fourth-order valence-electron chi connectivity index (χ4n) is 6.99. The third-order valence-electron chi connectivity index (χ3n) is 6.82. The van der Waals surface area contributed by atoms with E-state index >= 15 is 0 Å². The highest BCUT2D eigenvalue weighted by molar-refractivity contribution is 8.14. The molecule has 5 saturated carbocycles. The molecule has 0 aromatic heterocycles. The Bertz CT molecular complexity index is 491. The van der Waals surface area contributed by atoms with Gasteiger partial charge in [-0.3, -0.25) is 4.99 Å². The molecule has 0 saturated heterocycles. The molecule has 6 rings (SSSR count). The highest BCUT2D eigenvalue weighted by atomic mass is 32.2. The first kappa shape index (κ1) is 13.3. The summed E-state index contributed by atoms with van der Waals surface area (Å²) in [6.07, 6.45) is 11.5. The van der Waals surface area contributed by atoms with E-state index in [1.54, 1.807) is 0 Å². The van der Waals surface area contributed by atoms with Crippen molar-refractivity contribution in [3.8, 4) is 0 Å². The van der Waals surface area contributed by atoms with Crippen molar-refractivity contribution < 1.29 is 0 Å². The van der Waals surface area contributed by atoms with Crippen molar-refractivity contribution >= 4 is 16.9 Å². The molecule has 5 fully saturated rings. The van der Waals surface area contributed by atoms with Crippen LogP contribution in [-0.4, -0.2) is 22.5 Å². The van der Waals surface area contributed by atoms with Crippen molar-refractivity contribution in [3.63, 3.8) is 0 Å². The Hall–Kier alpha value is -0.180. The molecule has 2 nitrogen and oxygen atoms in total. The fourth-order valence-corrected chi connectivity index (χ4v) is 8.31. The Morgan fingerprint density at radius 2 is 1.76 bits per heavy atom. The summed E-state index contributed by atoms with van der Waals surface area (Å²) in [5.74, 6) is 1.94. The average molecular weight is 305 g/mol. The maximum Gasteiger partial charge on any atom is 0.157 e. The molecule has 0 aromatic rings. The molecule has 4 bridgehead atoms. The molecule has 0 radical (unpaired) electrons. The number of thioether (sulfide) groups is 1. The molecule has 0 amide bonds. The van der Waals surface area contributed by atoms with Gasteiger partial charge in [0.15, 0.2) is 5.17 Å². The number of rotatable bonds is 2. The number of aliphatic imine (C=N–C) groups is 1. The summed E-state index contributed by atoms with van der Waals surface area (Å²) in [7, 11) is 0. The molecule has 0 spiro atoms. The van der Waals surface area contributed by atoms with Crippen LogP contribution in [0, 0.1) is 22.7 Å². The first-order valence-corrected chi connectivity index (χ1v) is 9.82. The van der Waals surface area contributed by atoms with E-state index in [0.717, 1.165) is 23.6 Å². The summed E-state index contributed by atoms with van der Waals surface area (Å²) >= 11 is 2.07. The van der Waals surface area contributed by atoms with Crippen LogP contribution in [0.1, 0.15) is 65.2 Å². The van der Waals surface area contributed by atoms with Gasteiger partial charge in [-0.15, -0.1) is 0 Å². The first-order valence-electron chi connectivity index (χ1n) is 8.94. The summed E-state index contributed by atoms with van der Waals surface area (Å²) in [5, 5.41) is 6.09. The zero-order valence-electron chi connectivity index (χ0n) is 13.5. The van der Waals surface area contributed by atoms with E-state index < -0.39 is 0 Å². The van der Waals surface area contributed by atoms with Crippen LogP contribution in [0.2, 0.25) is 0 Å². The molecule has 3 unspecified atom stereocenters. The molecule has 21 heavy (non-hydrogen) atoms. The molecule has 3 heteroatoms. The van der Waals surface area contributed by atoms with Crippen molar-refractivity contribution in [2.45, 2.75) is 76.0 Å². The number of nitrogens with one attached hydrogen (secondary N) is 1.